The fourth-order valence-electron chi connectivity index (χ4n) is 3.11. The van der Waals surface area contributed by atoms with Gasteiger partial charge in [-0.3, -0.25) is 4.79 Å². The van der Waals surface area contributed by atoms with Crippen LogP contribution in [0.2, 0.25) is 5.02 Å². The molecule has 0 aliphatic heterocycles. The normalized spacial score (nSPS) is 20.9. The van der Waals surface area contributed by atoms with Gasteiger partial charge in [-0.25, -0.2) is 0 Å². The first-order valence-corrected chi connectivity index (χ1v) is 8.40. The Morgan fingerprint density at radius 1 is 1.21 bits per heavy atom. The molecule has 2 aromatic rings. The van der Waals surface area contributed by atoms with Crippen molar-refractivity contribution in [3.05, 3.63) is 64.7 Å². The molecule has 3 N–H and O–H groups in total. The summed E-state index contributed by atoms with van der Waals surface area (Å²) in [5.74, 6) is 0.146. The molecule has 1 aliphatic rings. The maximum atomic E-state index is 12.4. The molecule has 3 rings (SSSR count). The number of carbonyl (C=O) groups excluding carboxylic acids is 1. The fraction of sp³-hybridized carbons (Fsp3) is 0.316. The van der Waals surface area contributed by atoms with Crippen LogP contribution in [-0.4, -0.2) is 22.2 Å². The second-order valence-corrected chi connectivity index (χ2v) is 6.71. The van der Waals surface area contributed by atoms with Gasteiger partial charge in [0, 0.05) is 0 Å². The van der Waals surface area contributed by atoms with E-state index in [0.717, 1.165) is 11.1 Å². The minimum atomic E-state index is -0.269. The molecule has 1 aliphatic carbocycles. The molecule has 1 saturated carbocycles. The van der Waals surface area contributed by atoms with Gasteiger partial charge in [0.25, 0.3) is 0 Å². The smallest absolute Gasteiger partial charge is 0.224 e. The first-order chi connectivity index (χ1) is 11.5. The maximum Gasteiger partial charge on any atom is 0.224 e. The molecule has 0 saturated heterocycles. The zero-order valence-corrected chi connectivity index (χ0v) is 13.9. The molecule has 1 atom stereocenters. The van der Waals surface area contributed by atoms with E-state index in [1.807, 2.05) is 30.3 Å². The molecule has 1 amide bonds. The second kappa shape index (κ2) is 7.24. The molecule has 126 valence electrons. The van der Waals surface area contributed by atoms with Crippen LogP contribution < -0.4 is 5.32 Å². The summed E-state index contributed by atoms with van der Waals surface area (Å²) in [6.07, 6.45) is 1.32. The van der Waals surface area contributed by atoms with E-state index >= 15 is 0 Å². The van der Waals surface area contributed by atoms with Crippen LogP contribution in [-0.2, 0) is 11.2 Å². The zero-order valence-electron chi connectivity index (χ0n) is 13.2. The lowest BCUT2D eigenvalue weighted by Gasteiger charge is -2.38. The molecule has 5 heteroatoms. The fourth-order valence-corrected chi connectivity index (χ4v) is 3.31. The van der Waals surface area contributed by atoms with Crippen molar-refractivity contribution < 1.29 is 15.0 Å². The third-order valence-corrected chi connectivity index (χ3v) is 4.78. The van der Waals surface area contributed by atoms with Gasteiger partial charge >= 0.3 is 0 Å². The summed E-state index contributed by atoms with van der Waals surface area (Å²) >= 11 is 5.89. The van der Waals surface area contributed by atoms with Crippen molar-refractivity contribution in [1.29, 1.82) is 0 Å². The van der Waals surface area contributed by atoms with Crippen LogP contribution in [0.4, 0.5) is 0 Å². The van der Waals surface area contributed by atoms with Gasteiger partial charge in [-0.05, 0) is 42.0 Å². The Kier molecular flexibility index (Phi) is 5.07. The van der Waals surface area contributed by atoms with E-state index in [9.17, 15) is 15.0 Å². The number of nitrogens with one attached hydrogen (secondary N) is 1. The van der Waals surface area contributed by atoms with E-state index in [4.69, 9.17) is 11.6 Å². The van der Waals surface area contributed by atoms with Crippen molar-refractivity contribution in [3.63, 3.8) is 0 Å². The van der Waals surface area contributed by atoms with Gasteiger partial charge in [-0.2, -0.15) is 0 Å². The van der Waals surface area contributed by atoms with E-state index in [2.05, 4.69) is 5.32 Å². The van der Waals surface area contributed by atoms with Gasteiger partial charge in [-0.15, -0.1) is 0 Å². The number of benzene rings is 2. The predicted octanol–water partition coefficient (Wildman–Crippen LogP) is 3.22. The molecule has 0 spiro atoms. The Balaban J connectivity index is 1.70. The Labute approximate surface area is 146 Å². The third kappa shape index (κ3) is 3.89. The van der Waals surface area contributed by atoms with Crippen LogP contribution in [0.3, 0.4) is 0 Å². The molecule has 1 fully saturated rings. The number of phenolic OH excluding ortho intramolecular Hbond substituents is 1. The Morgan fingerprint density at radius 3 is 2.54 bits per heavy atom. The van der Waals surface area contributed by atoms with Gasteiger partial charge < -0.3 is 15.5 Å². The summed E-state index contributed by atoms with van der Waals surface area (Å²) in [5.41, 5.74) is 1.79. The highest BCUT2D eigenvalue weighted by Crippen LogP contribution is 2.38. The second-order valence-electron chi connectivity index (χ2n) is 6.30. The number of phenols is 1. The summed E-state index contributed by atoms with van der Waals surface area (Å²) < 4.78 is 0. The monoisotopic (exact) mass is 345 g/mol. The number of aliphatic hydroxyl groups excluding tert-OH is 1. The molecule has 0 heterocycles. The number of halogens is 1. The highest BCUT2D eigenvalue weighted by Gasteiger charge is 2.35. The average Bonchev–Trinajstić information content (AvgIpc) is 2.54. The van der Waals surface area contributed by atoms with E-state index in [1.54, 1.807) is 12.1 Å². The molecule has 24 heavy (non-hydrogen) atoms. The van der Waals surface area contributed by atoms with Crippen molar-refractivity contribution in [2.75, 3.05) is 0 Å². The standard InChI is InChI=1S/C19H20ClNO3/c20-16-8-12(6-7-17(16)23)9-18(24)21-19(14-10-15(22)11-14)13-4-2-1-3-5-13/h1-8,14-15,19,22-23H,9-11H2,(H,21,24)/t14?,15?,19-/m0/s1. The first-order valence-electron chi connectivity index (χ1n) is 8.02. The van der Waals surface area contributed by atoms with Crippen LogP contribution in [0, 0.1) is 5.92 Å². The molecule has 4 nitrogen and oxygen atoms in total. The Hall–Kier alpha value is -2.04. The number of aromatic hydroxyl groups is 1. The Bertz CT molecular complexity index is 714. The number of hydrogen-bond acceptors (Lipinski definition) is 3. The van der Waals surface area contributed by atoms with Crippen LogP contribution in [0.15, 0.2) is 48.5 Å². The quantitative estimate of drug-likeness (QED) is 0.779. The van der Waals surface area contributed by atoms with Gasteiger partial charge in [0.05, 0.1) is 23.6 Å². The minimum absolute atomic E-state index is 0.00597. The Morgan fingerprint density at radius 2 is 1.92 bits per heavy atom. The van der Waals surface area contributed by atoms with E-state index in [1.165, 1.54) is 6.07 Å². The molecular weight excluding hydrogens is 326 g/mol. The minimum Gasteiger partial charge on any atom is -0.506 e. The molecular formula is C19H20ClNO3. The SMILES string of the molecule is O=C(Cc1ccc(O)c(Cl)c1)N[C@@H](c1ccccc1)C1CC(O)C1. The number of rotatable bonds is 5. The van der Waals surface area contributed by atoms with Crippen LogP contribution in [0.25, 0.3) is 0 Å². The lowest BCUT2D eigenvalue weighted by Crippen LogP contribution is -2.41. The maximum absolute atomic E-state index is 12.4. The predicted molar refractivity (Wildman–Crippen MR) is 92.9 cm³/mol. The van der Waals surface area contributed by atoms with Crippen molar-refractivity contribution in [3.8, 4) is 5.75 Å². The highest BCUT2D eigenvalue weighted by atomic mass is 35.5. The largest absolute Gasteiger partial charge is 0.506 e. The molecule has 2 aromatic carbocycles. The van der Waals surface area contributed by atoms with Gasteiger partial charge in [0.2, 0.25) is 5.91 Å². The van der Waals surface area contributed by atoms with Gasteiger partial charge in [-0.1, -0.05) is 48.0 Å². The van der Waals surface area contributed by atoms with Crippen molar-refractivity contribution in [2.24, 2.45) is 5.92 Å². The van der Waals surface area contributed by atoms with Crippen molar-refractivity contribution in [2.45, 2.75) is 31.4 Å². The lowest BCUT2D eigenvalue weighted by molar-refractivity contribution is -0.122. The van der Waals surface area contributed by atoms with Crippen LogP contribution in [0.5, 0.6) is 5.75 Å². The first kappa shape index (κ1) is 16.8. The highest BCUT2D eigenvalue weighted by molar-refractivity contribution is 6.32. The van der Waals surface area contributed by atoms with E-state index in [0.29, 0.717) is 12.8 Å². The molecule has 0 unspecified atom stereocenters. The number of carbonyl (C=O) groups is 1. The summed E-state index contributed by atoms with van der Waals surface area (Å²) in [7, 11) is 0. The van der Waals surface area contributed by atoms with E-state index < -0.39 is 0 Å². The molecule has 0 bridgehead atoms. The summed E-state index contributed by atoms with van der Waals surface area (Å²) in [4.78, 5) is 12.4. The number of amides is 1. The molecule has 0 radical (unpaired) electrons. The summed E-state index contributed by atoms with van der Waals surface area (Å²) in [6, 6.07) is 14.5. The average molecular weight is 346 g/mol. The van der Waals surface area contributed by atoms with Gasteiger partial charge in [0.1, 0.15) is 5.75 Å². The van der Waals surface area contributed by atoms with Crippen molar-refractivity contribution >= 4 is 17.5 Å². The van der Waals surface area contributed by atoms with Crippen molar-refractivity contribution in [1.82, 2.24) is 5.32 Å². The molecule has 0 aromatic heterocycles. The van der Waals surface area contributed by atoms with Gasteiger partial charge in [0.15, 0.2) is 0 Å². The number of hydrogen-bond donors (Lipinski definition) is 3. The van der Waals surface area contributed by atoms with Crippen LogP contribution in [0.1, 0.15) is 30.0 Å². The third-order valence-electron chi connectivity index (χ3n) is 4.47. The van der Waals surface area contributed by atoms with Crippen LogP contribution >= 0.6 is 11.6 Å². The number of aliphatic hydroxyl groups is 1. The van der Waals surface area contributed by atoms with E-state index in [-0.39, 0.29) is 41.2 Å². The lowest BCUT2D eigenvalue weighted by atomic mass is 9.75. The zero-order chi connectivity index (χ0) is 17.1. The summed E-state index contributed by atoms with van der Waals surface area (Å²) in [5, 5.41) is 22.4. The summed E-state index contributed by atoms with van der Waals surface area (Å²) in [6.45, 7) is 0. The topological polar surface area (TPSA) is 69.6 Å².